The van der Waals surface area contributed by atoms with Gasteiger partial charge in [-0.1, -0.05) is 18.2 Å². The maximum atomic E-state index is 12.8. The molecule has 2 atom stereocenters. The number of carbonyl (C=O) groups is 3. The Kier molecular flexibility index (Phi) is 8.94. The number of aromatic nitrogens is 2. The summed E-state index contributed by atoms with van der Waals surface area (Å²) in [5.74, 6) is -2.12. The van der Waals surface area contributed by atoms with Crippen LogP contribution in [0.25, 0.3) is 10.9 Å². The number of carboxylic acid groups (broad SMARTS) is 1. The Labute approximate surface area is 219 Å². The first-order valence-electron chi connectivity index (χ1n) is 12.0. The van der Waals surface area contributed by atoms with E-state index in [-0.39, 0.29) is 36.9 Å². The first-order valence-corrected chi connectivity index (χ1v) is 12.0. The number of H-pyrrole nitrogens is 1. The monoisotopic (exact) mass is 527 g/mol. The molecule has 0 bridgehead atoms. The first-order chi connectivity index (χ1) is 17.9. The molecule has 3 aromatic rings. The number of amides is 2. The summed E-state index contributed by atoms with van der Waals surface area (Å²) in [6, 6.07) is 5.72. The highest BCUT2D eigenvalue weighted by Crippen LogP contribution is 2.25. The molecule has 0 aliphatic rings. The zero-order chi connectivity index (χ0) is 27.9. The lowest BCUT2D eigenvalue weighted by molar-refractivity contribution is -0.139. The van der Waals surface area contributed by atoms with Crippen molar-refractivity contribution in [3.63, 3.8) is 0 Å². The highest BCUT2D eigenvalue weighted by atomic mass is 16.6. The van der Waals surface area contributed by atoms with Crippen LogP contribution in [0.3, 0.4) is 0 Å². The van der Waals surface area contributed by atoms with Crippen molar-refractivity contribution in [3.05, 3.63) is 53.9 Å². The third-order valence-corrected chi connectivity index (χ3v) is 5.43. The van der Waals surface area contributed by atoms with Crippen LogP contribution < -0.4 is 21.7 Å². The Bertz CT molecular complexity index is 1290. The predicted octanol–water partition coefficient (Wildman–Crippen LogP) is 2.41. The second kappa shape index (κ2) is 12.1. The molecule has 1 aromatic carbocycles. The van der Waals surface area contributed by atoms with Gasteiger partial charge in [0.2, 0.25) is 5.89 Å². The van der Waals surface area contributed by atoms with E-state index < -0.39 is 35.7 Å². The lowest BCUT2D eigenvalue weighted by Gasteiger charge is -2.22. The molecule has 3 rings (SSSR count). The number of ether oxygens (including phenoxy) is 1. The second-order valence-corrected chi connectivity index (χ2v) is 9.68. The summed E-state index contributed by atoms with van der Waals surface area (Å²) in [6.07, 6.45) is 2.99. The first kappa shape index (κ1) is 28.0. The number of hydrogen-bond donors (Lipinski definition) is 7. The number of alkyl carbamates (subject to hydrolysis) is 1. The average Bonchev–Trinajstić information content (AvgIpc) is 3.47. The van der Waals surface area contributed by atoms with E-state index in [0.717, 1.165) is 22.7 Å². The summed E-state index contributed by atoms with van der Waals surface area (Å²) in [4.78, 5) is 44.4. The van der Waals surface area contributed by atoms with Gasteiger partial charge in [0.1, 0.15) is 23.9 Å². The Morgan fingerprint density at radius 2 is 1.97 bits per heavy atom. The van der Waals surface area contributed by atoms with Crippen LogP contribution in [-0.4, -0.2) is 57.2 Å². The fourth-order valence-corrected chi connectivity index (χ4v) is 3.74. The largest absolute Gasteiger partial charge is 0.480 e. The van der Waals surface area contributed by atoms with Gasteiger partial charge in [-0.3, -0.25) is 10.2 Å². The number of nitrogens with two attached hydrogens (primary N) is 1. The van der Waals surface area contributed by atoms with Crippen molar-refractivity contribution in [3.8, 4) is 0 Å². The fraction of sp³-hybridized carbons (Fsp3) is 0.400. The normalized spacial score (nSPS) is 12.9. The van der Waals surface area contributed by atoms with Gasteiger partial charge in [-0.2, -0.15) is 0 Å². The maximum Gasteiger partial charge on any atom is 0.408 e. The zero-order valence-corrected chi connectivity index (χ0v) is 21.5. The van der Waals surface area contributed by atoms with Crippen LogP contribution in [0.2, 0.25) is 0 Å². The number of nitrogens with one attached hydrogen (secondary N) is 5. The van der Waals surface area contributed by atoms with Gasteiger partial charge in [0.25, 0.3) is 5.91 Å². The van der Waals surface area contributed by atoms with E-state index in [2.05, 4.69) is 25.9 Å². The van der Waals surface area contributed by atoms with Crippen molar-refractivity contribution < 1.29 is 28.6 Å². The van der Waals surface area contributed by atoms with E-state index in [0.29, 0.717) is 6.42 Å². The van der Waals surface area contributed by atoms with Crippen LogP contribution in [0.1, 0.15) is 61.6 Å². The van der Waals surface area contributed by atoms with E-state index in [4.69, 9.17) is 20.3 Å². The van der Waals surface area contributed by atoms with Crippen molar-refractivity contribution in [2.45, 2.75) is 57.7 Å². The number of oxazole rings is 1. The number of fused-ring (bicyclic) bond motifs is 1. The van der Waals surface area contributed by atoms with E-state index >= 15 is 0 Å². The Morgan fingerprint density at radius 3 is 2.66 bits per heavy atom. The lowest BCUT2D eigenvalue weighted by Crippen LogP contribution is -2.41. The molecule has 0 aliphatic carbocycles. The molecule has 0 unspecified atom stereocenters. The Morgan fingerprint density at radius 1 is 1.24 bits per heavy atom. The third-order valence-electron chi connectivity index (χ3n) is 5.43. The average molecular weight is 528 g/mol. The molecule has 38 heavy (non-hydrogen) atoms. The number of rotatable bonds is 11. The lowest BCUT2D eigenvalue weighted by atomic mass is 10.0. The molecular weight excluding hydrogens is 494 g/mol. The van der Waals surface area contributed by atoms with Crippen LogP contribution in [0.4, 0.5) is 4.79 Å². The van der Waals surface area contributed by atoms with Gasteiger partial charge >= 0.3 is 12.1 Å². The molecule has 0 radical (unpaired) electrons. The van der Waals surface area contributed by atoms with E-state index in [9.17, 15) is 19.5 Å². The second-order valence-electron chi connectivity index (χ2n) is 9.68. The SMILES string of the molecule is CC(C)(C)OC(=O)N[C@@H](Cc1c[nH]c2ccccc12)c1nc(C(=O)N[C@@H](CCCNC(=N)N)C(=O)O)co1. The van der Waals surface area contributed by atoms with Crippen molar-refractivity contribution >= 4 is 34.8 Å². The Balaban J connectivity index is 1.76. The van der Waals surface area contributed by atoms with E-state index in [1.807, 2.05) is 30.5 Å². The van der Waals surface area contributed by atoms with Crippen molar-refractivity contribution in [2.75, 3.05) is 6.54 Å². The minimum atomic E-state index is -1.21. The molecule has 0 saturated carbocycles. The number of guanidine groups is 1. The van der Waals surface area contributed by atoms with Gasteiger partial charge in [-0.25, -0.2) is 14.6 Å². The van der Waals surface area contributed by atoms with Gasteiger partial charge in [0.15, 0.2) is 11.7 Å². The van der Waals surface area contributed by atoms with Crippen LogP contribution in [0.15, 0.2) is 41.1 Å². The molecule has 0 aliphatic heterocycles. The molecule has 2 aromatic heterocycles. The van der Waals surface area contributed by atoms with Crippen molar-refractivity contribution in [2.24, 2.45) is 5.73 Å². The van der Waals surface area contributed by atoms with Crippen LogP contribution in [-0.2, 0) is 16.0 Å². The highest BCUT2D eigenvalue weighted by molar-refractivity contribution is 5.94. The standard InChI is InChI=1S/C25H33N7O6/c1-25(2,3)38-24(36)32-18(11-14-12-29-16-8-5-4-7-15(14)16)21-31-19(13-37-21)20(33)30-17(22(34)35)9-6-10-28-23(26)27/h4-5,7-8,12-13,17-18,29H,6,9-11H2,1-3H3,(H,30,33)(H,32,36)(H,34,35)(H4,26,27,28)/t17-,18-/m0/s1. The van der Waals surface area contributed by atoms with E-state index in [1.54, 1.807) is 20.8 Å². The summed E-state index contributed by atoms with van der Waals surface area (Å²) in [5.41, 5.74) is 6.15. The van der Waals surface area contributed by atoms with Gasteiger partial charge < -0.3 is 40.9 Å². The molecule has 0 fully saturated rings. The number of aromatic amines is 1. The van der Waals surface area contributed by atoms with E-state index in [1.165, 1.54) is 0 Å². The van der Waals surface area contributed by atoms with Crippen molar-refractivity contribution in [1.29, 1.82) is 5.41 Å². The minimum Gasteiger partial charge on any atom is -0.480 e. The van der Waals surface area contributed by atoms with Crippen molar-refractivity contribution in [1.82, 2.24) is 25.9 Å². The minimum absolute atomic E-state index is 0.0591. The summed E-state index contributed by atoms with van der Waals surface area (Å²) < 4.78 is 11.0. The highest BCUT2D eigenvalue weighted by Gasteiger charge is 2.27. The summed E-state index contributed by atoms with van der Waals surface area (Å²) in [6.45, 7) is 5.51. The molecule has 13 nitrogen and oxygen atoms in total. The predicted molar refractivity (Wildman–Crippen MR) is 139 cm³/mol. The Hall–Kier alpha value is -4.55. The molecule has 0 spiro atoms. The molecule has 0 saturated heterocycles. The number of nitrogens with zero attached hydrogens (tertiary/aromatic N) is 1. The number of hydrogen-bond acceptors (Lipinski definition) is 7. The quantitative estimate of drug-likeness (QED) is 0.111. The van der Waals surface area contributed by atoms with Crippen LogP contribution >= 0.6 is 0 Å². The smallest absolute Gasteiger partial charge is 0.408 e. The number of carboxylic acids is 1. The van der Waals surface area contributed by atoms with Gasteiger partial charge in [-0.05, 0) is 45.2 Å². The summed E-state index contributed by atoms with van der Waals surface area (Å²) >= 11 is 0. The number of para-hydroxylation sites is 1. The fourth-order valence-electron chi connectivity index (χ4n) is 3.74. The molecular formula is C25H33N7O6. The number of benzene rings is 1. The van der Waals surface area contributed by atoms with Gasteiger partial charge in [-0.15, -0.1) is 0 Å². The zero-order valence-electron chi connectivity index (χ0n) is 21.5. The number of aliphatic carboxylic acids is 1. The summed E-state index contributed by atoms with van der Waals surface area (Å²) in [7, 11) is 0. The van der Waals surface area contributed by atoms with Gasteiger partial charge in [0.05, 0.1) is 0 Å². The topological polar surface area (TPSA) is 208 Å². The maximum absolute atomic E-state index is 12.8. The molecule has 204 valence electrons. The molecule has 2 heterocycles. The molecule has 8 N–H and O–H groups in total. The van der Waals surface area contributed by atoms with Gasteiger partial charge in [0, 0.05) is 30.1 Å². The molecule has 13 heteroatoms. The molecule has 2 amide bonds. The van der Waals surface area contributed by atoms with Crippen LogP contribution in [0, 0.1) is 5.41 Å². The van der Waals surface area contributed by atoms with Crippen LogP contribution in [0.5, 0.6) is 0 Å². The summed E-state index contributed by atoms with van der Waals surface area (Å²) in [5, 5.41) is 25.3. The number of carbonyl (C=O) groups excluding carboxylic acids is 2. The third kappa shape index (κ3) is 7.98.